The first kappa shape index (κ1) is 9.67. The van der Waals surface area contributed by atoms with Crippen molar-refractivity contribution in [3.05, 3.63) is 10.1 Å². The van der Waals surface area contributed by atoms with Crippen molar-refractivity contribution in [2.24, 2.45) is 5.14 Å². The summed E-state index contributed by atoms with van der Waals surface area (Å²) in [6, 6.07) is 1.15. The van der Waals surface area contributed by atoms with Crippen LogP contribution in [0.25, 0.3) is 0 Å². The van der Waals surface area contributed by atoms with Crippen LogP contribution in [-0.2, 0) is 9.53 Å². The molecule has 0 saturated heterocycles. The van der Waals surface area contributed by atoms with Crippen LogP contribution < -0.4 is 5.14 Å². The first-order valence-corrected chi connectivity index (χ1v) is 3.06. The summed E-state index contributed by atoms with van der Waals surface area (Å²) < 4.78 is 3.89. The van der Waals surface area contributed by atoms with Gasteiger partial charge in [0.05, 0.1) is 16.9 Å². The van der Waals surface area contributed by atoms with Gasteiger partial charge in [0.15, 0.2) is 0 Å². The minimum Gasteiger partial charge on any atom is -0.377 e. The second-order valence-electron chi connectivity index (χ2n) is 1.28. The summed E-state index contributed by atoms with van der Waals surface area (Å²) in [4.78, 5) is 18.7. The second-order valence-corrected chi connectivity index (χ2v) is 2.07. The van der Waals surface area contributed by atoms with Crippen molar-refractivity contribution < 1.29 is 14.5 Å². The molecule has 0 amide bonds. The number of nitro groups is 1. The van der Waals surface area contributed by atoms with Crippen molar-refractivity contribution in [1.29, 1.82) is 5.26 Å². The van der Waals surface area contributed by atoms with E-state index in [-0.39, 0.29) is 18.4 Å². The predicted octanol–water partition coefficient (Wildman–Crippen LogP) is -0.780. The number of hydrogen-bond donors (Lipinski definition) is 1. The van der Waals surface area contributed by atoms with Crippen LogP contribution in [0.4, 0.5) is 0 Å². The Labute approximate surface area is 65.4 Å². The maximum atomic E-state index is 10.1. The van der Waals surface area contributed by atoms with Crippen LogP contribution in [0.5, 0.6) is 0 Å². The lowest BCUT2D eigenvalue weighted by Crippen LogP contribution is -2.37. The molecule has 0 aliphatic carbocycles. The fourth-order valence-electron chi connectivity index (χ4n) is 0.273. The van der Waals surface area contributed by atoms with Crippen LogP contribution in [0.15, 0.2) is 0 Å². The third kappa shape index (κ3) is 1.79. The predicted molar refractivity (Wildman–Crippen MR) is 34.3 cm³/mol. The van der Waals surface area contributed by atoms with Crippen LogP contribution in [0.3, 0.4) is 0 Å². The van der Waals surface area contributed by atoms with E-state index in [1.54, 1.807) is 0 Å². The molecular formula is C3H3N3O4S. The van der Waals surface area contributed by atoms with Gasteiger partial charge in [-0.15, -0.1) is 0 Å². The van der Waals surface area contributed by atoms with E-state index < -0.39 is 9.98 Å². The molecule has 0 bridgehead atoms. The van der Waals surface area contributed by atoms with E-state index in [0.29, 0.717) is 0 Å². The molecule has 0 heterocycles. The van der Waals surface area contributed by atoms with Gasteiger partial charge in [-0.05, 0) is 0 Å². The molecule has 0 aliphatic rings. The fraction of sp³-hybridized carbons (Fsp3) is 0.333. The normalized spacial score (nSPS) is 14.2. The molecule has 1 atom stereocenters. The zero-order valence-electron chi connectivity index (χ0n) is 5.09. The first-order chi connectivity index (χ1) is 5.13. The molecule has 0 radical (unpaired) electrons. The van der Waals surface area contributed by atoms with E-state index in [9.17, 15) is 14.9 Å². The lowest BCUT2D eigenvalue weighted by atomic mass is 10.6. The molecular weight excluding hydrogens is 174 g/mol. The zero-order valence-corrected chi connectivity index (χ0v) is 5.91. The minimum atomic E-state index is -2.51. The number of carbonyl (C=O) groups excluding carboxylic acids is 1. The number of ether oxygens (including phenoxy) is 1. The monoisotopic (exact) mass is 177 g/mol. The number of nitriles is 1. The van der Waals surface area contributed by atoms with Gasteiger partial charge in [-0.25, -0.2) is 0 Å². The zero-order chi connectivity index (χ0) is 8.91. The summed E-state index contributed by atoms with van der Waals surface area (Å²) in [7, 11) is 0. The van der Waals surface area contributed by atoms with E-state index >= 15 is 0 Å². The Morgan fingerprint density at radius 2 is 2.45 bits per heavy atom. The lowest BCUT2D eigenvalue weighted by molar-refractivity contribution is -0.566. The number of rotatable bonds is 4. The maximum absolute atomic E-state index is 10.1. The van der Waals surface area contributed by atoms with Gasteiger partial charge >= 0.3 is 5.06 Å². The number of nitrogens with two attached hydrogens (primary N) is 1. The summed E-state index contributed by atoms with van der Waals surface area (Å²) in [6.45, 7) is -0.203. The van der Waals surface area contributed by atoms with Gasteiger partial charge < -0.3 is 4.74 Å². The van der Waals surface area contributed by atoms with Crippen LogP contribution in [0.1, 0.15) is 0 Å². The second kappa shape index (κ2) is 3.75. The molecule has 0 aromatic heterocycles. The molecule has 0 aromatic rings. The van der Waals surface area contributed by atoms with Crippen molar-refractivity contribution in [1.82, 2.24) is 0 Å². The molecule has 0 fully saturated rings. The Bertz CT molecular complexity index is 213. The topological polar surface area (TPSA) is 119 Å². The van der Waals surface area contributed by atoms with Gasteiger partial charge in [-0.1, -0.05) is 0 Å². The summed E-state index contributed by atoms with van der Waals surface area (Å²) in [5.41, 5.74) is 0. The quantitative estimate of drug-likeness (QED) is 0.196. The van der Waals surface area contributed by atoms with Crippen LogP contribution in [0.2, 0.25) is 0 Å². The first-order valence-electron chi connectivity index (χ1n) is 2.18. The Morgan fingerprint density at radius 1 is 1.91 bits per heavy atom. The third-order valence-corrected chi connectivity index (χ3v) is 1.41. The molecule has 0 aliphatic heterocycles. The van der Waals surface area contributed by atoms with E-state index in [1.165, 1.54) is 0 Å². The van der Waals surface area contributed by atoms with Gasteiger partial charge in [0, 0.05) is 0 Å². The minimum absolute atomic E-state index is 0.0364. The molecule has 2 N–H and O–H groups in total. The molecule has 0 saturated carbocycles. The third-order valence-electron chi connectivity index (χ3n) is 0.749. The lowest BCUT2D eigenvalue weighted by Gasteiger charge is -2.10. The van der Waals surface area contributed by atoms with E-state index in [4.69, 9.17) is 10.4 Å². The highest BCUT2D eigenvalue weighted by Crippen LogP contribution is 2.20. The van der Waals surface area contributed by atoms with Crippen LogP contribution in [0, 0.1) is 21.4 Å². The molecule has 60 valence electrons. The highest BCUT2D eigenvalue weighted by Gasteiger charge is 2.46. The SMILES string of the molecule is N#CC(OC=O)(SN)[N+](=O)[O-]. The number of carbonyl (C=O) groups is 1. The Balaban J connectivity index is 4.63. The highest BCUT2D eigenvalue weighted by atomic mass is 32.2. The number of hydrogen-bond acceptors (Lipinski definition) is 7. The van der Waals surface area contributed by atoms with Gasteiger partial charge in [0.2, 0.25) is 6.07 Å². The van der Waals surface area contributed by atoms with E-state index in [1.807, 2.05) is 0 Å². The standard InChI is InChI=1S/C3H3N3O4S/c4-1-3(11-5,6(8)9)10-2-7/h2H,5H2. The molecule has 11 heavy (non-hydrogen) atoms. The van der Waals surface area contributed by atoms with Crippen LogP contribution >= 0.6 is 11.9 Å². The molecule has 1 unspecified atom stereocenters. The van der Waals surface area contributed by atoms with Crippen molar-refractivity contribution in [2.45, 2.75) is 5.06 Å². The van der Waals surface area contributed by atoms with Gasteiger partial charge in [-0.3, -0.25) is 20.0 Å². The average molecular weight is 177 g/mol. The Morgan fingerprint density at radius 3 is 2.55 bits per heavy atom. The Hall–Kier alpha value is -1.33. The maximum Gasteiger partial charge on any atom is 0.517 e. The smallest absolute Gasteiger partial charge is 0.377 e. The highest BCUT2D eigenvalue weighted by molar-refractivity contribution is 7.98. The van der Waals surface area contributed by atoms with E-state index in [2.05, 4.69) is 4.74 Å². The van der Waals surface area contributed by atoms with Crippen molar-refractivity contribution >= 4 is 18.4 Å². The molecule has 0 spiro atoms. The van der Waals surface area contributed by atoms with Crippen LogP contribution in [-0.4, -0.2) is 16.5 Å². The Kier molecular flexibility index (Phi) is 3.29. The largest absolute Gasteiger partial charge is 0.517 e. The average Bonchev–Trinajstić information content (AvgIpc) is 2.00. The summed E-state index contributed by atoms with van der Waals surface area (Å²) in [5, 5.41) is 20.5. The van der Waals surface area contributed by atoms with E-state index in [0.717, 1.165) is 6.07 Å². The molecule has 0 rings (SSSR count). The van der Waals surface area contributed by atoms with Crippen molar-refractivity contribution in [3.8, 4) is 6.07 Å². The molecule has 7 nitrogen and oxygen atoms in total. The van der Waals surface area contributed by atoms with Gasteiger partial charge in [-0.2, -0.15) is 5.26 Å². The summed E-state index contributed by atoms with van der Waals surface area (Å²) >= 11 is 0.0364. The van der Waals surface area contributed by atoms with Crippen molar-refractivity contribution in [3.63, 3.8) is 0 Å². The molecule has 8 heteroatoms. The summed E-state index contributed by atoms with van der Waals surface area (Å²) in [6.07, 6.45) is 0. The number of nitrogens with zero attached hydrogens (tertiary/aromatic N) is 2. The van der Waals surface area contributed by atoms with Gasteiger partial charge in [0.1, 0.15) is 0 Å². The van der Waals surface area contributed by atoms with Crippen molar-refractivity contribution in [2.75, 3.05) is 0 Å². The molecule has 0 aromatic carbocycles. The summed E-state index contributed by atoms with van der Waals surface area (Å²) in [5.74, 6) is 0. The van der Waals surface area contributed by atoms with Gasteiger partial charge in [0.25, 0.3) is 6.47 Å². The fourth-order valence-corrected chi connectivity index (χ4v) is 0.506.